The lowest BCUT2D eigenvalue weighted by molar-refractivity contribution is -0.116. The largest absolute Gasteiger partial charge is 0.332 e. The van der Waals surface area contributed by atoms with Gasteiger partial charge in [0.2, 0.25) is 15.9 Å². The zero-order valence-electron chi connectivity index (χ0n) is 16.1. The molecule has 0 aliphatic heterocycles. The molecule has 7 nitrogen and oxygen atoms in total. The maximum atomic E-state index is 12.5. The van der Waals surface area contributed by atoms with Crippen LogP contribution in [0.3, 0.4) is 0 Å². The number of benzene rings is 2. The Morgan fingerprint density at radius 1 is 1.03 bits per heavy atom. The Bertz CT molecular complexity index is 1010. The van der Waals surface area contributed by atoms with Gasteiger partial charge >= 0.3 is 0 Å². The second-order valence-electron chi connectivity index (χ2n) is 6.64. The lowest BCUT2D eigenvalue weighted by Gasteiger charge is -2.17. The number of hydrogen-bond donors (Lipinski definition) is 2. The fourth-order valence-corrected chi connectivity index (χ4v) is 3.99. The molecule has 156 valence electrons. The highest BCUT2D eigenvalue weighted by Crippen LogP contribution is 2.25. The van der Waals surface area contributed by atoms with Crippen LogP contribution in [0.2, 0.25) is 10.0 Å². The fraction of sp³-hybridized carbons (Fsp3) is 0.263. The van der Waals surface area contributed by atoms with Crippen LogP contribution in [0.4, 0.5) is 5.69 Å². The monoisotopic (exact) mass is 457 g/mol. The summed E-state index contributed by atoms with van der Waals surface area (Å²) in [7, 11) is -2.17. The van der Waals surface area contributed by atoms with Crippen LogP contribution in [-0.2, 0) is 14.8 Å². The highest BCUT2D eigenvalue weighted by atomic mass is 35.5. The van der Waals surface area contributed by atoms with Crippen LogP contribution in [0.5, 0.6) is 0 Å². The molecule has 0 aliphatic rings. The molecular weight excluding hydrogens is 437 g/mol. The van der Waals surface area contributed by atoms with Crippen LogP contribution >= 0.6 is 23.2 Å². The first-order chi connectivity index (χ1) is 13.5. The van der Waals surface area contributed by atoms with E-state index in [9.17, 15) is 18.0 Å². The Hall–Kier alpha value is -2.13. The smallest absolute Gasteiger partial charge is 0.254 e. The SMILES string of the molecule is CC(C)NS(=O)(=O)c1ccc(C(=O)N(C)CC(=O)Nc2ccc(Cl)c(Cl)c2)cc1. The van der Waals surface area contributed by atoms with Gasteiger partial charge in [0, 0.05) is 24.3 Å². The molecule has 0 aliphatic carbocycles. The number of anilines is 1. The predicted octanol–water partition coefficient (Wildman–Crippen LogP) is 3.39. The van der Waals surface area contributed by atoms with E-state index in [0.717, 1.165) is 0 Å². The topological polar surface area (TPSA) is 95.6 Å². The Balaban J connectivity index is 2.02. The van der Waals surface area contributed by atoms with E-state index in [0.29, 0.717) is 15.7 Å². The summed E-state index contributed by atoms with van der Waals surface area (Å²) in [6, 6.07) is 9.92. The van der Waals surface area contributed by atoms with E-state index in [1.54, 1.807) is 26.0 Å². The van der Waals surface area contributed by atoms with Gasteiger partial charge in [0.25, 0.3) is 5.91 Å². The van der Waals surface area contributed by atoms with E-state index >= 15 is 0 Å². The minimum Gasteiger partial charge on any atom is -0.332 e. The second kappa shape index (κ2) is 9.58. The lowest BCUT2D eigenvalue weighted by Crippen LogP contribution is -2.35. The quantitative estimate of drug-likeness (QED) is 0.665. The molecule has 0 spiro atoms. The first kappa shape index (κ1) is 23.2. The maximum absolute atomic E-state index is 12.5. The Labute approximate surface area is 180 Å². The van der Waals surface area contributed by atoms with E-state index in [1.807, 2.05) is 0 Å². The Morgan fingerprint density at radius 3 is 2.21 bits per heavy atom. The first-order valence-electron chi connectivity index (χ1n) is 8.62. The molecule has 2 rings (SSSR count). The van der Waals surface area contributed by atoms with Crippen LogP contribution in [0.25, 0.3) is 0 Å². The number of nitrogens with zero attached hydrogens (tertiary/aromatic N) is 1. The van der Waals surface area contributed by atoms with E-state index in [1.165, 1.54) is 42.3 Å². The van der Waals surface area contributed by atoms with Gasteiger partial charge in [-0.1, -0.05) is 23.2 Å². The molecule has 2 aromatic rings. The van der Waals surface area contributed by atoms with E-state index in [4.69, 9.17) is 23.2 Å². The van der Waals surface area contributed by atoms with Crippen LogP contribution in [-0.4, -0.2) is 44.8 Å². The predicted molar refractivity (Wildman–Crippen MR) is 114 cm³/mol. The minimum absolute atomic E-state index is 0.0581. The highest BCUT2D eigenvalue weighted by molar-refractivity contribution is 7.89. The molecular formula is C19H21Cl2N3O4S. The van der Waals surface area contributed by atoms with Crippen molar-refractivity contribution < 1.29 is 18.0 Å². The van der Waals surface area contributed by atoms with Gasteiger partial charge in [-0.15, -0.1) is 0 Å². The summed E-state index contributed by atoms with van der Waals surface area (Å²) in [6.07, 6.45) is 0. The van der Waals surface area contributed by atoms with Crippen molar-refractivity contribution in [1.82, 2.24) is 9.62 Å². The fourth-order valence-electron chi connectivity index (χ4n) is 2.44. The van der Waals surface area contributed by atoms with Crippen molar-refractivity contribution in [2.24, 2.45) is 0 Å². The number of nitrogens with one attached hydrogen (secondary N) is 2. The maximum Gasteiger partial charge on any atom is 0.254 e. The Morgan fingerprint density at radius 2 is 1.66 bits per heavy atom. The van der Waals surface area contributed by atoms with Crippen molar-refractivity contribution in [3.05, 3.63) is 58.1 Å². The Kier molecular flexibility index (Phi) is 7.65. The molecule has 29 heavy (non-hydrogen) atoms. The average molecular weight is 458 g/mol. The third kappa shape index (κ3) is 6.43. The minimum atomic E-state index is -3.64. The molecule has 10 heteroatoms. The molecule has 0 unspecified atom stereocenters. The van der Waals surface area contributed by atoms with Gasteiger partial charge in [0.05, 0.1) is 21.5 Å². The molecule has 0 saturated carbocycles. The summed E-state index contributed by atoms with van der Waals surface area (Å²) in [5.41, 5.74) is 0.718. The van der Waals surface area contributed by atoms with Crippen LogP contribution in [0.1, 0.15) is 24.2 Å². The first-order valence-corrected chi connectivity index (χ1v) is 10.9. The van der Waals surface area contributed by atoms with Gasteiger partial charge in [-0.05, 0) is 56.3 Å². The molecule has 0 fully saturated rings. The second-order valence-corrected chi connectivity index (χ2v) is 9.17. The number of carbonyl (C=O) groups excluding carboxylic acids is 2. The third-order valence-electron chi connectivity index (χ3n) is 3.73. The van der Waals surface area contributed by atoms with Crippen molar-refractivity contribution in [2.75, 3.05) is 18.9 Å². The van der Waals surface area contributed by atoms with E-state index in [-0.39, 0.29) is 23.0 Å². The van der Waals surface area contributed by atoms with Crippen molar-refractivity contribution in [2.45, 2.75) is 24.8 Å². The van der Waals surface area contributed by atoms with Crippen molar-refractivity contribution >= 4 is 50.7 Å². The molecule has 0 aromatic heterocycles. The van der Waals surface area contributed by atoms with Crippen molar-refractivity contribution in [3.8, 4) is 0 Å². The number of amides is 2. The lowest BCUT2D eigenvalue weighted by atomic mass is 10.2. The number of halogens is 2. The molecule has 0 saturated heterocycles. The molecule has 2 amide bonds. The van der Waals surface area contributed by atoms with E-state index in [2.05, 4.69) is 10.0 Å². The normalized spacial score (nSPS) is 11.4. The van der Waals surface area contributed by atoms with Gasteiger partial charge in [-0.25, -0.2) is 13.1 Å². The van der Waals surface area contributed by atoms with E-state index < -0.39 is 21.8 Å². The molecule has 0 radical (unpaired) electrons. The zero-order valence-corrected chi connectivity index (χ0v) is 18.4. The standard InChI is InChI=1S/C19H21Cl2N3O4S/c1-12(2)23-29(27,28)15-7-4-13(5-8-15)19(26)24(3)11-18(25)22-14-6-9-16(20)17(21)10-14/h4-10,12,23H,11H2,1-3H3,(H,22,25). The van der Waals surface area contributed by atoms with Gasteiger partial charge < -0.3 is 10.2 Å². The van der Waals surface area contributed by atoms with Crippen LogP contribution in [0.15, 0.2) is 47.4 Å². The number of carbonyl (C=O) groups is 2. The number of hydrogen-bond acceptors (Lipinski definition) is 4. The summed E-state index contributed by atoms with van der Waals surface area (Å²) in [5, 5.41) is 3.30. The van der Waals surface area contributed by atoms with Gasteiger partial charge in [0.1, 0.15) is 0 Å². The summed E-state index contributed by atoms with van der Waals surface area (Å²) < 4.78 is 26.8. The molecule has 2 N–H and O–H groups in total. The molecule has 0 atom stereocenters. The summed E-state index contributed by atoms with van der Waals surface area (Å²) in [6.45, 7) is 3.23. The summed E-state index contributed by atoms with van der Waals surface area (Å²) >= 11 is 11.7. The van der Waals surface area contributed by atoms with Crippen molar-refractivity contribution in [1.29, 1.82) is 0 Å². The highest BCUT2D eigenvalue weighted by Gasteiger charge is 2.18. The van der Waals surface area contributed by atoms with Gasteiger partial charge in [0.15, 0.2) is 0 Å². The molecule has 2 aromatic carbocycles. The van der Waals surface area contributed by atoms with Gasteiger partial charge in [-0.3, -0.25) is 9.59 Å². The third-order valence-corrected chi connectivity index (χ3v) is 6.15. The number of rotatable bonds is 7. The molecule has 0 bridgehead atoms. The average Bonchev–Trinajstić information content (AvgIpc) is 2.63. The number of sulfonamides is 1. The zero-order chi connectivity index (χ0) is 21.8. The van der Waals surface area contributed by atoms with Crippen molar-refractivity contribution in [3.63, 3.8) is 0 Å². The molecule has 0 heterocycles. The number of likely N-dealkylation sites (N-methyl/N-ethyl adjacent to an activating group) is 1. The van der Waals surface area contributed by atoms with Crippen LogP contribution in [0, 0.1) is 0 Å². The summed E-state index contributed by atoms with van der Waals surface area (Å²) in [5.74, 6) is -0.838. The van der Waals surface area contributed by atoms with Crippen LogP contribution < -0.4 is 10.0 Å². The van der Waals surface area contributed by atoms with Gasteiger partial charge in [-0.2, -0.15) is 0 Å². The summed E-state index contributed by atoms with van der Waals surface area (Å²) in [4.78, 5) is 26.0.